The number of aromatic nitrogens is 2. The van der Waals surface area contributed by atoms with E-state index in [9.17, 15) is 5.11 Å². The third-order valence-corrected chi connectivity index (χ3v) is 1.54. The second kappa shape index (κ2) is 2.89. The predicted molar refractivity (Wildman–Crippen MR) is 41.6 cm³/mol. The molecule has 11 heavy (non-hydrogen) atoms. The van der Waals surface area contributed by atoms with Gasteiger partial charge in [0.2, 0.25) is 0 Å². The molecule has 0 spiro atoms. The van der Waals surface area contributed by atoms with Gasteiger partial charge in [-0.05, 0) is 7.05 Å². The van der Waals surface area contributed by atoms with Crippen LogP contribution >= 0.6 is 0 Å². The van der Waals surface area contributed by atoms with Crippen molar-refractivity contribution in [3.05, 3.63) is 12.0 Å². The highest BCUT2D eigenvalue weighted by Crippen LogP contribution is 2.14. The Morgan fingerprint density at radius 3 is 2.82 bits per heavy atom. The van der Waals surface area contributed by atoms with E-state index in [-0.39, 0.29) is 0 Å². The van der Waals surface area contributed by atoms with Crippen molar-refractivity contribution in [2.75, 3.05) is 12.8 Å². The summed E-state index contributed by atoms with van der Waals surface area (Å²) in [5, 5.41) is 11.9. The van der Waals surface area contributed by atoms with Gasteiger partial charge >= 0.3 is 0 Å². The van der Waals surface area contributed by atoms with Crippen LogP contribution < -0.4 is 11.1 Å². The van der Waals surface area contributed by atoms with Gasteiger partial charge in [-0.1, -0.05) is 0 Å². The monoisotopic (exact) mass is 156 g/mol. The zero-order valence-corrected chi connectivity index (χ0v) is 6.57. The highest BCUT2D eigenvalue weighted by Gasteiger charge is 2.12. The van der Waals surface area contributed by atoms with Crippen molar-refractivity contribution in [3.8, 4) is 0 Å². The minimum absolute atomic E-state index is 0.468. The van der Waals surface area contributed by atoms with E-state index >= 15 is 0 Å². The number of rotatable bonds is 2. The van der Waals surface area contributed by atoms with E-state index in [2.05, 4.69) is 10.3 Å². The van der Waals surface area contributed by atoms with E-state index in [1.165, 1.54) is 0 Å². The molecule has 0 aromatic carbocycles. The van der Waals surface area contributed by atoms with Gasteiger partial charge in [-0.3, -0.25) is 5.32 Å². The van der Waals surface area contributed by atoms with Crippen molar-refractivity contribution in [3.63, 3.8) is 0 Å². The zero-order valence-electron chi connectivity index (χ0n) is 6.57. The number of hydrogen-bond acceptors (Lipinski definition) is 4. The Balaban J connectivity index is 2.94. The summed E-state index contributed by atoms with van der Waals surface area (Å²) < 4.78 is 1.65. The highest BCUT2D eigenvalue weighted by molar-refractivity contribution is 5.36. The standard InChI is InChI=1S/C6H12N4O/c1-8-6(11)4-5(7)10(2)3-9-4/h3,6,8,11H,7H2,1-2H3/t6-/m0/s1. The molecule has 0 radical (unpaired) electrons. The number of aryl methyl sites for hydroxylation is 1. The zero-order chi connectivity index (χ0) is 8.43. The molecule has 0 aliphatic carbocycles. The minimum Gasteiger partial charge on any atom is -0.383 e. The number of nitrogens with zero attached hydrogens (tertiary/aromatic N) is 2. The lowest BCUT2D eigenvalue weighted by Gasteiger charge is -2.06. The lowest BCUT2D eigenvalue weighted by atomic mass is 10.4. The quantitative estimate of drug-likeness (QED) is 0.491. The van der Waals surface area contributed by atoms with E-state index in [0.29, 0.717) is 11.5 Å². The maximum atomic E-state index is 9.26. The molecule has 1 aromatic heterocycles. The topological polar surface area (TPSA) is 76.1 Å². The van der Waals surface area contributed by atoms with Crippen LogP contribution in [0.5, 0.6) is 0 Å². The molecule has 5 heteroatoms. The first-order valence-corrected chi connectivity index (χ1v) is 3.29. The summed E-state index contributed by atoms with van der Waals surface area (Å²) in [5.74, 6) is 0.479. The summed E-state index contributed by atoms with van der Waals surface area (Å²) in [6.07, 6.45) is 0.779. The van der Waals surface area contributed by atoms with Gasteiger partial charge < -0.3 is 15.4 Å². The Labute approximate surface area is 64.8 Å². The Morgan fingerprint density at radius 1 is 1.82 bits per heavy atom. The van der Waals surface area contributed by atoms with Crippen molar-refractivity contribution in [2.24, 2.45) is 7.05 Å². The van der Waals surface area contributed by atoms with Crippen LogP contribution in [0.3, 0.4) is 0 Å². The van der Waals surface area contributed by atoms with Crippen LogP contribution in [0.1, 0.15) is 11.9 Å². The molecule has 1 aromatic rings. The number of nitrogens with two attached hydrogens (primary N) is 1. The number of aliphatic hydroxyl groups is 1. The summed E-state index contributed by atoms with van der Waals surface area (Å²) in [6, 6.07) is 0. The molecule has 5 nitrogen and oxygen atoms in total. The van der Waals surface area contributed by atoms with E-state index in [4.69, 9.17) is 5.73 Å². The largest absolute Gasteiger partial charge is 0.383 e. The average molecular weight is 156 g/mol. The summed E-state index contributed by atoms with van der Waals surface area (Å²) in [4.78, 5) is 3.91. The van der Waals surface area contributed by atoms with Crippen molar-refractivity contribution in [2.45, 2.75) is 6.23 Å². The van der Waals surface area contributed by atoms with Gasteiger partial charge in [-0.2, -0.15) is 0 Å². The molecule has 0 saturated heterocycles. The number of nitrogen functional groups attached to an aromatic ring is 1. The van der Waals surface area contributed by atoms with Crippen molar-refractivity contribution in [1.82, 2.24) is 14.9 Å². The Bertz CT molecular complexity index is 245. The van der Waals surface area contributed by atoms with Crippen LogP contribution in [0.4, 0.5) is 5.82 Å². The molecule has 0 amide bonds. The summed E-state index contributed by atoms with van der Waals surface area (Å²) in [6.45, 7) is 0. The number of aliphatic hydroxyl groups excluding tert-OH is 1. The normalized spacial score (nSPS) is 13.4. The molecule has 0 aliphatic heterocycles. The first kappa shape index (κ1) is 8.03. The van der Waals surface area contributed by atoms with Crippen molar-refractivity contribution in [1.29, 1.82) is 0 Å². The van der Waals surface area contributed by atoms with E-state index < -0.39 is 6.23 Å². The molecule has 4 N–H and O–H groups in total. The molecule has 1 rings (SSSR count). The van der Waals surface area contributed by atoms with Gasteiger partial charge in [-0.25, -0.2) is 4.98 Å². The molecule has 1 atom stereocenters. The van der Waals surface area contributed by atoms with E-state index in [0.717, 1.165) is 0 Å². The van der Waals surface area contributed by atoms with Gasteiger partial charge in [0.25, 0.3) is 0 Å². The molecule has 0 unspecified atom stereocenters. The van der Waals surface area contributed by atoms with Crippen LogP contribution in [-0.4, -0.2) is 21.7 Å². The fraction of sp³-hybridized carbons (Fsp3) is 0.500. The molecule has 62 valence electrons. The predicted octanol–water partition coefficient (Wildman–Crippen LogP) is -0.787. The maximum Gasteiger partial charge on any atom is 0.151 e. The van der Waals surface area contributed by atoms with Gasteiger partial charge in [0, 0.05) is 7.05 Å². The Morgan fingerprint density at radius 2 is 2.45 bits per heavy atom. The van der Waals surface area contributed by atoms with Crippen LogP contribution in [0.15, 0.2) is 6.33 Å². The van der Waals surface area contributed by atoms with Crippen LogP contribution in [-0.2, 0) is 7.05 Å². The van der Waals surface area contributed by atoms with Gasteiger partial charge in [-0.15, -0.1) is 0 Å². The molecule has 0 bridgehead atoms. The fourth-order valence-corrected chi connectivity index (χ4v) is 0.805. The van der Waals surface area contributed by atoms with Crippen LogP contribution in [0.2, 0.25) is 0 Å². The summed E-state index contributed by atoms with van der Waals surface area (Å²) in [5.41, 5.74) is 6.05. The molecule has 0 saturated carbocycles. The van der Waals surface area contributed by atoms with E-state index in [1.807, 2.05) is 0 Å². The highest BCUT2D eigenvalue weighted by atomic mass is 16.3. The number of nitrogens with one attached hydrogen (secondary N) is 1. The molecule has 0 aliphatic rings. The second-order valence-electron chi connectivity index (χ2n) is 2.32. The first-order valence-electron chi connectivity index (χ1n) is 3.29. The molecule has 1 heterocycles. The third-order valence-electron chi connectivity index (χ3n) is 1.54. The summed E-state index contributed by atoms with van der Waals surface area (Å²) in [7, 11) is 3.41. The van der Waals surface area contributed by atoms with Gasteiger partial charge in [0.05, 0.1) is 6.33 Å². The minimum atomic E-state index is -0.781. The summed E-state index contributed by atoms with van der Waals surface area (Å²) >= 11 is 0. The van der Waals surface area contributed by atoms with Crippen LogP contribution in [0.25, 0.3) is 0 Å². The molecular weight excluding hydrogens is 144 g/mol. The van der Waals surface area contributed by atoms with Gasteiger partial charge in [0.1, 0.15) is 11.5 Å². The smallest absolute Gasteiger partial charge is 0.151 e. The van der Waals surface area contributed by atoms with Crippen molar-refractivity contribution >= 4 is 5.82 Å². The van der Waals surface area contributed by atoms with Gasteiger partial charge in [0.15, 0.2) is 6.23 Å². The first-order chi connectivity index (χ1) is 5.16. The number of hydrogen-bond donors (Lipinski definition) is 3. The fourth-order valence-electron chi connectivity index (χ4n) is 0.805. The number of imidazole rings is 1. The second-order valence-corrected chi connectivity index (χ2v) is 2.32. The molecule has 0 fully saturated rings. The lowest BCUT2D eigenvalue weighted by molar-refractivity contribution is 0.146. The molecular formula is C6H12N4O. The Kier molecular flexibility index (Phi) is 2.11. The lowest BCUT2D eigenvalue weighted by Crippen LogP contribution is -2.17. The average Bonchev–Trinajstić information content (AvgIpc) is 2.32. The Hall–Kier alpha value is -1.07. The van der Waals surface area contributed by atoms with Crippen molar-refractivity contribution < 1.29 is 5.11 Å². The SMILES string of the molecule is CN[C@@H](O)c1ncn(C)c1N. The maximum absolute atomic E-state index is 9.26. The van der Waals surface area contributed by atoms with Crippen LogP contribution in [0, 0.1) is 0 Å². The van der Waals surface area contributed by atoms with E-state index in [1.54, 1.807) is 25.0 Å². The third kappa shape index (κ3) is 1.33. The number of anilines is 1.